The summed E-state index contributed by atoms with van der Waals surface area (Å²) in [7, 11) is 0. The van der Waals surface area contributed by atoms with E-state index in [9.17, 15) is 86.3 Å². The molecule has 36 nitrogen and oxygen atoms in total. The number of nitrogens with zero attached hydrogens (tertiary/aromatic N) is 6. The Balaban J connectivity index is 0.000000152. The minimum absolute atomic E-state index is 0.0225. The predicted octanol–water partition coefficient (Wildman–Crippen LogP) is 0.179. The van der Waals surface area contributed by atoms with Crippen molar-refractivity contribution in [3.63, 3.8) is 0 Å². The van der Waals surface area contributed by atoms with Crippen molar-refractivity contribution in [2.75, 3.05) is 34.4 Å². The molecule has 6 saturated heterocycles. The van der Waals surface area contributed by atoms with Crippen molar-refractivity contribution in [3.8, 4) is 0 Å². The zero-order chi connectivity index (χ0) is 114. The first-order valence-corrected chi connectivity index (χ1v) is 32.8. The van der Waals surface area contributed by atoms with Crippen LogP contribution in [0, 0.1) is 0 Å². The molecule has 0 radical (unpaired) electrons. The molecular weight excluding hydrogens is 1480 g/mol. The summed E-state index contributed by atoms with van der Waals surface area (Å²) in [6.07, 6.45) is -21.4. The molecule has 12 heterocycles. The van der Waals surface area contributed by atoms with E-state index in [1.807, 2.05) is 0 Å². The van der Waals surface area contributed by atoms with Crippen LogP contribution in [0.3, 0.4) is 0 Å². The van der Waals surface area contributed by atoms with Gasteiger partial charge in [-0.25, -0.2) is 0 Å². The number of carbonyl (C=O) groups excluding carboxylic acids is 18. The summed E-state index contributed by atoms with van der Waals surface area (Å²) in [6.45, 7) is -13.3. The van der Waals surface area contributed by atoms with Gasteiger partial charge in [-0.05, 0) is 111 Å². The molecule has 0 aliphatic carbocycles. The maximum atomic E-state index is 13.0. The average Bonchev–Trinajstić information content (AvgIpc) is 1.56. The van der Waals surface area contributed by atoms with Crippen LogP contribution in [0.25, 0.3) is 0 Å². The molecule has 18 amide bonds. The van der Waals surface area contributed by atoms with Crippen LogP contribution in [0.15, 0.2) is 109 Å². The molecule has 9 atom stereocenters. The fraction of sp³-hybridized carbons (Fsp3) is 0.308. The van der Waals surface area contributed by atoms with Crippen LogP contribution in [0.4, 0.5) is 34.1 Å². The maximum absolute atomic E-state index is 13.0. The largest absolute Gasteiger partial charge is 0.398 e. The number of imide groups is 6. The van der Waals surface area contributed by atoms with Crippen LogP contribution >= 0.6 is 0 Å². The van der Waals surface area contributed by atoms with Gasteiger partial charge in [0.05, 0.1) is 34.3 Å². The molecule has 6 aromatic carbocycles. The molecule has 12 aliphatic heterocycles. The summed E-state index contributed by atoms with van der Waals surface area (Å²) in [5.74, 6) is -20.3. The molecule has 36 heteroatoms. The van der Waals surface area contributed by atoms with Gasteiger partial charge >= 0.3 is 0 Å². The first-order valence-electron chi connectivity index (χ1n) is 51.5. The summed E-state index contributed by atoms with van der Waals surface area (Å²) < 4.78 is 295. The minimum atomic E-state index is -3.73. The summed E-state index contributed by atoms with van der Waals surface area (Å²) in [4.78, 5) is 221. The number of hydrogen-bond acceptors (Lipinski definition) is 24. The maximum Gasteiger partial charge on any atom is 0.255 e. The molecule has 6 aromatic rings. The topological polar surface area (TPSA) is 555 Å². The lowest BCUT2D eigenvalue weighted by Gasteiger charge is -2.29. The Hall–Kier alpha value is -14.2. The molecule has 18 rings (SSSR count). The molecule has 0 spiro atoms. The second kappa shape index (κ2) is 32.0. The van der Waals surface area contributed by atoms with Crippen LogP contribution in [0.2, 0.25) is 0 Å². The van der Waals surface area contributed by atoms with Crippen LogP contribution in [0.1, 0.15) is 223 Å². The lowest BCUT2D eigenvalue weighted by molar-refractivity contribution is -0.138. The number of nitrogens with one attached hydrogen (secondary N) is 6. The number of carbonyl (C=O) groups is 18. The Bertz CT molecular complexity index is 6870. The predicted molar refractivity (Wildman–Crippen MR) is 401 cm³/mol. The minimum Gasteiger partial charge on any atom is -0.398 e. The highest BCUT2D eigenvalue weighted by Gasteiger charge is 2.46. The molecule has 114 heavy (non-hydrogen) atoms. The van der Waals surface area contributed by atoms with Crippen molar-refractivity contribution in [2.45, 2.75) is 152 Å². The SMILES string of the molecule is [2H]C1c2c(N)cccc2C(=O)N1C1([2H])CCC(=O)NC1=O.[2H]C1c2c(N)cccc2C(=O)N1C1CCC(=O)NC1=O.[2H]c1c([2H])c(N)c2c(c1[2H])C(=O)N(C1([2H])C(=O)NC(=O)C([2H])([2H])C1([2H])[2H])C2([2H])[2H].[2H]c1c([2H])c(N)c2c(c1[2H])C(=O)N(C1CCC(=O)NC1=O)C2[2H].[2H]c1c([2H])c(N)c2c(c1[2H])C(=O)N([C@@]1([2H])C(=O)NC(=O)C([2H])([2H])C1([2H])[2H])C2([2H])[2H].[2H]c1c([2H])c(N)c2c(c1[2H])C(=O)N([C@]1([2H])C(=O)NC(=O)C([2H])([2H])C1([2H])[2H])C2([2H])[2H]. The zero-order valence-electron chi connectivity index (χ0n) is 94.6. The second-order valence-electron chi connectivity index (χ2n) is 24.5. The molecule has 6 fully saturated rings. The lowest BCUT2D eigenvalue weighted by Crippen LogP contribution is -2.52. The van der Waals surface area contributed by atoms with Crippen molar-refractivity contribution in [1.29, 1.82) is 0 Å². The van der Waals surface area contributed by atoms with Crippen molar-refractivity contribution in [1.82, 2.24) is 61.3 Å². The number of amides is 18. The van der Waals surface area contributed by atoms with Crippen molar-refractivity contribution in [2.24, 2.45) is 0 Å². The lowest BCUT2D eigenvalue weighted by atomic mass is 10.0. The number of anilines is 6. The van der Waals surface area contributed by atoms with Crippen LogP contribution in [-0.2, 0) is 96.6 Å². The van der Waals surface area contributed by atoms with E-state index in [1.54, 1.807) is 30.3 Å². The summed E-state index contributed by atoms with van der Waals surface area (Å²) in [5.41, 5.74) is 28.8. The standard InChI is InChI=1S/6C13H13N3O3/c6*14-9-3-1-2-7-8(9)6-16(13(7)19)10-4-5-11(17)15-12(10)18/h6*1-3,10H,4-6,14H2,(H,15,17,18)/t2*10-;;;;/m10..../s1/i3*1D,2D,3D,4D2,5D2,6D2,10D;1D,2D,3D,6D;6D,10D;6D. The fourth-order valence-electron chi connectivity index (χ4n) is 11.9. The van der Waals surface area contributed by atoms with E-state index in [4.69, 9.17) is 85.1 Å². The first-order chi connectivity index (χ1) is 69.0. The van der Waals surface area contributed by atoms with Gasteiger partial charge in [-0.15, -0.1) is 0 Å². The van der Waals surface area contributed by atoms with E-state index < -0.39 is 331 Å². The number of nitrogens with two attached hydrogens (primary N) is 6. The van der Waals surface area contributed by atoms with Crippen LogP contribution in [-0.4, -0.2) is 172 Å². The number of piperidine rings is 6. The molecule has 12 aliphatic rings. The number of hydrogen-bond donors (Lipinski definition) is 12. The Labute approximate surface area is 700 Å². The third kappa shape index (κ3) is 15.4. The van der Waals surface area contributed by atoms with Crippen molar-refractivity contribution in [3.05, 3.63) is 176 Å². The molecule has 7 unspecified atom stereocenters. The van der Waals surface area contributed by atoms with E-state index in [2.05, 4.69) is 16.0 Å². The molecule has 0 saturated carbocycles. The first kappa shape index (κ1) is 44.0. The van der Waals surface area contributed by atoms with Crippen molar-refractivity contribution < 1.29 is 137 Å². The molecule has 0 aromatic heterocycles. The van der Waals surface area contributed by atoms with E-state index in [0.717, 1.165) is 9.80 Å². The molecule has 0 bridgehead atoms. The monoisotopic (exact) mass is 1590 g/mol. The van der Waals surface area contributed by atoms with Gasteiger partial charge in [0.2, 0.25) is 70.9 Å². The van der Waals surface area contributed by atoms with Crippen molar-refractivity contribution >= 4 is 140 Å². The van der Waals surface area contributed by atoms with Gasteiger partial charge in [0.25, 0.3) is 35.4 Å². The highest BCUT2D eigenvalue weighted by molar-refractivity contribution is 6.11. The van der Waals surface area contributed by atoms with Gasteiger partial charge in [0, 0.05) is 195 Å². The second-order valence-corrected chi connectivity index (χ2v) is 24.5. The Kier molecular flexibility index (Phi) is 12.3. The van der Waals surface area contributed by atoms with Gasteiger partial charge in [0.15, 0.2) is 0 Å². The zero-order valence-corrected chi connectivity index (χ0v) is 57.6. The van der Waals surface area contributed by atoms with E-state index in [1.165, 1.54) is 26.9 Å². The van der Waals surface area contributed by atoms with Gasteiger partial charge < -0.3 is 63.8 Å². The Morgan fingerprint density at radius 3 is 0.912 bits per heavy atom. The van der Waals surface area contributed by atoms with Crippen LogP contribution < -0.4 is 66.3 Å². The van der Waals surface area contributed by atoms with Gasteiger partial charge in [0.1, 0.15) is 36.2 Å². The smallest absolute Gasteiger partial charge is 0.255 e. The van der Waals surface area contributed by atoms with Gasteiger partial charge in [-0.2, -0.15) is 0 Å². The third-order valence-corrected chi connectivity index (χ3v) is 17.4. The molecular formula is C78H78N18O18. The normalized spacial score (nSPS) is 35.6. The highest BCUT2D eigenvalue weighted by Crippen LogP contribution is 2.37. The van der Waals surface area contributed by atoms with Crippen LogP contribution in [0.5, 0.6) is 0 Å². The van der Waals surface area contributed by atoms with E-state index in [0.29, 0.717) is 22.4 Å². The summed E-state index contributed by atoms with van der Waals surface area (Å²) in [5, 5.41) is 10.7. The number of benzene rings is 6. The Morgan fingerprint density at radius 2 is 0.570 bits per heavy atom. The highest BCUT2D eigenvalue weighted by atomic mass is 16.2. The molecule has 18 N–H and O–H groups in total. The summed E-state index contributed by atoms with van der Waals surface area (Å²) in [6, 6.07) is -14.1. The van der Waals surface area contributed by atoms with Gasteiger partial charge in [-0.3, -0.25) is 118 Å². The van der Waals surface area contributed by atoms with Gasteiger partial charge in [-0.1, -0.05) is 36.3 Å². The van der Waals surface area contributed by atoms with E-state index >= 15 is 0 Å². The average molecular weight is 1590 g/mol. The quantitative estimate of drug-likeness (QED) is 0.0781. The Morgan fingerprint density at radius 1 is 0.298 bits per heavy atom. The number of nitrogen functional groups attached to an aromatic ring is 6. The number of rotatable bonds is 6. The summed E-state index contributed by atoms with van der Waals surface area (Å²) >= 11 is 0. The fourth-order valence-corrected chi connectivity index (χ4v) is 11.9. The van der Waals surface area contributed by atoms with E-state index in [-0.39, 0.29) is 93.1 Å². The molecule has 588 valence electrons. The third-order valence-electron chi connectivity index (χ3n) is 17.4. The number of fused-ring (bicyclic) bond motifs is 6.